The van der Waals surface area contributed by atoms with Crippen LogP contribution in [0.3, 0.4) is 0 Å². The number of methoxy groups -OCH3 is 1. The number of ether oxygens (including phenoxy) is 2. The van der Waals surface area contributed by atoms with E-state index in [1.165, 1.54) is 25.8 Å². The Labute approximate surface area is 142 Å². The first-order valence-electron chi connectivity index (χ1n) is 9.10. The molecule has 1 fully saturated rings. The van der Waals surface area contributed by atoms with E-state index in [-0.39, 0.29) is 0 Å². The lowest BCUT2D eigenvalue weighted by Gasteiger charge is -2.33. The third-order valence-electron chi connectivity index (χ3n) is 4.12. The molecule has 0 aromatic rings. The molecule has 1 aliphatic rings. The van der Waals surface area contributed by atoms with Crippen molar-refractivity contribution in [3.05, 3.63) is 0 Å². The van der Waals surface area contributed by atoms with Gasteiger partial charge in [-0.15, -0.1) is 0 Å². The van der Waals surface area contributed by atoms with E-state index in [4.69, 9.17) is 9.47 Å². The van der Waals surface area contributed by atoms with Crippen molar-refractivity contribution in [1.82, 2.24) is 15.5 Å². The Morgan fingerprint density at radius 1 is 1.22 bits per heavy atom. The molecule has 1 heterocycles. The fourth-order valence-electron chi connectivity index (χ4n) is 2.75. The average Bonchev–Trinajstić information content (AvgIpc) is 2.55. The van der Waals surface area contributed by atoms with Gasteiger partial charge in [0.1, 0.15) is 0 Å². The Morgan fingerprint density at radius 2 is 2.09 bits per heavy atom. The van der Waals surface area contributed by atoms with Crippen molar-refractivity contribution in [2.24, 2.45) is 4.99 Å². The van der Waals surface area contributed by atoms with Gasteiger partial charge in [-0.1, -0.05) is 6.42 Å². The first kappa shape index (κ1) is 20.2. The van der Waals surface area contributed by atoms with E-state index in [1.807, 2.05) is 0 Å². The normalized spacial score (nSPS) is 19.8. The van der Waals surface area contributed by atoms with Crippen LogP contribution >= 0.6 is 0 Å². The predicted molar refractivity (Wildman–Crippen MR) is 96.2 cm³/mol. The van der Waals surface area contributed by atoms with Crippen molar-refractivity contribution >= 4 is 5.96 Å². The summed E-state index contributed by atoms with van der Waals surface area (Å²) in [6, 6.07) is 0.717. The minimum atomic E-state index is 0.655. The zero-order valence-corrected chi connectivity index (χ0v) is 15.3. The molecule has 23 heavy (non-hydrogen) atoms. The van der Waals surface area contributed by atoms with Crippen LogP contribution in [0.2, 0.25) is 0 Å². The molecule has 1 unspecified atom stereocenters. The van der Waals surface area contributed by atoms with Crippen molar-refractivity contribution in [3.8, 4) is 0 Å². The maximum absolute atomic E-state index is 5.45. The van der Waals surface area contributed by atoms with Crippen molar-refractivity contribution in [3.63, 3.8) is 0 Å². The van der Waals surface area contributed by atoms with Crippen molar-refractivity contribution in [1.29, 1.82) is 0 Å². The number of aliphatic imine (C=N–C) groups is 1. The number of likely N-dealkylation sites (tertiary alicyclic amines) is 1. The number of nitrogens with one attached hydrogen (secondary N) is 2. The molecule has 0 aliphatic carbocycles. The molecule has 0 spiro atoms. The Hall–Kier alpha value is -0.850. The van der Waals surface area contributed by atoms with E-state index in [0.717, 1.165) is 45.2 Å². The third-order valence-corrected chi connectivity index (χ3v) is 4.12. The number of hydrogen-bond donors (Lipinski definition) is 2. The molecular weight excluding hydrogens is 292 g/mol. The van der Waals surface area contributed by atoms with E-state index < -0.39 is 0 Å². The summed E-state index contributed by atoms with van der Waals surface area (Å²) in [6.07, 6.45) is 4.98. The lowest BCUT2D eigenvalue weighted by Crippen LogP contribution is -2.45. The Morgan fingerprint density at radius 3 is 2.83 bits per heavy atom. The minimum Gasteiger partial charge on any atom is -0.382 e. The van der Waals surface area contributed by atoms with Gasteiger partial charge < -0.3 is 20.1 Å². The highest BCUT2D eigenvalue weighted by atomic mass is 16.5. The fourth-order valence-corrected chi connectivity index (χ4v) is 2.75. The largest absolute Gasteiger partial charge is 0.382 e. The second-order valence-corrected chi connectivity index (χ2v) is 6.03. The van der Waals surface area contributed by atoms with E-state index in [0.29, 0.717) is 19.3 Å². The topological polar surface area (TPSA) is 58.1 Å². The molecule has 0 bridgehead atoms. The van der Waals surface area contributed by atoms with Crippen LogP contribution in [0, 0.1) is 0 Å². The number of nitrogens with zero attached hydrogens (tertiary/aromatic N) is 2. The van der Waals surface area contributed by atoms with Gasteiger partial charge in [0, 0.05) is 45.9 Å². The quantitative estimate of drug-likeness (QED) is 0.342. The molecule has 2 N–H and O–H groups in total. The van der Waals surface area contributed by atoms with E-state index >= 15 is 0 Å². The summed E-state index contributed by atoms with van der Waals surface area (Å²) in [4.78, 5) is 7.17. The molecule has 6 nitrogen and oxygen atoms in total. The third kappa shape index (κ3) is 9.79. The highest BCUT2D eigenvalue weighted by molar-refractivity contribution is 5.79. The first-order valence-corrected chi connectivity index (χ1v) is 9.10. The van der Waals surface area contributed by atoms with Crippen LogP contribution in [0.5, 0.6) is 0 Å². The minimum absolute atomic E-state index is 0.655. The maximum Gasteiger partial charge on any atom is 0.191 e. The first-order chi connectivity index (χ1) is 11.3. The lowest BCUT2D eigenvalue weighted by atomic mass is 10.0. The molecular formula is C17H36N4O2. The van der Waals surface area contributed by atoms with Gasteiger partial charge in [-0.25, -0.2) is 0 Å². The number of piperidine rings is 1. The summed E-state index contributed by atoms with van der Waals surface area (Å²) >= 11 is 0. The Kier molecular flexibility index (Phi) is 11.9. The van der Waals surface area contributed by atoms with E-state index in [9.17, 15) is 0 Å². The summed E-state index contributed by atoms with van der Waals surface area (Å²) < 4.78 is 10.4. The molecule has 0 radical (unpaired) electrons. The maximum atomic E-state index is 5.45. The summed E-state index contributed by atoms with van der Waals surface area (Å²) in [7, 11) is 1.69. The zero-order valence-electron chi connectivity index (χ0n) is 15.3. The van der Waals surface area contributed by atoms with Crippen LogP contribution in [0.25, 0.3) is 0 Å². The summed E-state index contributed by atoms with van der Waals surface area (Å²) in [6.45, 7) is 11.4. The lowest BCUT2D eigenvalue weighted by molar-refractivity contribution is 0.0702. The average molecular weight is 329 g/mol. The van der Waals surface area contributed by atoms with Crippen molar-refractivity contribution in [2.75, 3.05) is 59.7 Å². The van der Waals surface area contributed by atoms with E-state index in [1.54, 1.807) is 7.11 Å². The fraction of sp³-hybridized carbons (Fsp3) is 0.941. The second-order valence-electron chi connectivity index (χ2n) is 6.03. The Balaban J connectivity index is 2.15. The van der Waals surface area contributed by atoms with Crippen molar-refractivity contribution in [2.45, 2.75) is 45.6 Å². The standard InChI is InChI=1S/C17H36N4O2/c1-4-18-17(19-9-7-13-23-15-14-22-3)20-10-12-21-11-6-5-8-16(21)2/h16H,4-15H2,1-3H3,(H2,18,19,20). The summed E-state index contributed by atoms with van der Waals surface area (Å²) in [5.74, 6) is 0.911. The van der Waals surface area contributed by atoms with E-state index in [2.05, 4.69) is 34.4 Å². The molecule has 1 aliphatic heterocycles. The molecule has 0 aromatic carbocycles. The van der Waals surface area contributed by atoms with Crippen molar-refractivity contribution < 1.29 is 9.47 Å². The molecule has 1 rings (SSSR count). The van der Waals surface area contributed by atoms with Crippen LogP contribution in [0.1, 0.15) is 39.5 Å². The van der Waals surface area contributed by atoms with Gasteiger partial charge in [-0.05, 0) is 39.7 Å². The van der Waals surface area contributed by atoms with Crippen LogP contribution in [-0.4, -0.2) is 76.6 Å². The molecule has 0 saturated carbocycles. The number of guanidine groups is 1. The number of rotatable bonds is 11. The van der Waals surface area contributed by atoms with Gasteiger partial charge in [0.05, 0.1) is 13.2 Å². The van der Waals surface area contributed by atoms with Gasteiger partial charge in [-0.3, -0.25) is 9.89 Å². The molecule has 1 saturated heterocycles. The van der Waals surface area contributed by atoms with Crippen LogP contribution in [0.15, 0.2) is 4.99 Å². The zero-order chi connectivity index (χ0) is 16.8. The number of hydrogen-bond acceptors (Lipinski definition) is 4. The van der Waals surface area contributed by atoms with Gasteiger partial charge in [0.25, 0.3) is 0 Å². The summed E-state index contributed by atoms with van der Waals surface area (Å²) in [5, 5.41) is 6.74. The predicted octanol–water partition coefficient (Wildman–Crippen LogP) is 1.47. The summed E-state index contributed by atoms with van der Waals surface area (Å²) in [5.41, 5.74) is 0. The van der Waals surface area contributed by atoms with Crippen LogP contribution in [-0.2, 0) is 9.47 Å². The smallest absolute Gasteiger partial charge is 0.191 e. The van der Waals surface area contributed by atoms with Crippen LogP contribution < -0.4 is 10.6 Å². The van der Waals surface area contributed by atoms with Gasteiger partial charge in [0.15, 0.2) is 5.96 Å². The second kappa shape index (κ2) is 13.6. The van der Waals surface area contributed by atoms with Crippen LogP contribution in [0.4, 0.5) is 0 Å². The monoisotopic (exact) mass is 328 g/mol. The molecule has 136 valence electrons. The SMILES string of the molecule is CCNC(=NCCCOCCOC)NCCN1CCCCC1C. The molecule has 0 aromatic heterocycles. The Bertz CT molecular complexity index is 313. The highest BCUT2D eigenvalue weighted by Gasteiger charge is 2.17. The van der Waals surface area contributed by atoms with Gasteiger partial charge >= 0.3 is 0 Å². The highest BCUT2D eigenvalue weighted by Crippen LogP contribution is 2.15. The molecule has 1 atom stereocenters. The van der Waals surface area contributed by atoms with Gasteiger partial charge in [-0.2, -0.15) is 0 Å². The van der Waals surface area contributed by atoms with Gasteiger partial charge in [0.2, 0.25) is 0 Å². The molecule has 0 amide bonds. The molecule has 6 heteroatoms.